The second-order valence-electron chi connectivity index (χ2n) is 4.35. The Hall–Kier alpha value is -1.28. The fraction of sp³-hybridized carbons (Fsp3) is 0.500. The molecule has 0 saturated carbocycles. The molecule has 0 fully saturated rings. The van der Waals surface area contributed by atoms with Crippen LogP contribution in [0.3, 0.4) is 0 Å². The van der Waals surface area contributed by atoms with Gasteiger partial charge in [-0.05, 0) is 31.2 Å². The number of rotatable bonds is 6. The fourth-order valence-corrected chi connectivity index (χ4v) is 2.68. The highest BCUT2D eigenvalue weighted by Gasteiger charge is 2.25. The third-order valence-corrected chi connectivity index (χ3v) is 5.11. The molecule has 0 spiro atoms. The highest BCUT2D eigenvalue weighted by atomic mass is 32.2. The maximum absolute atomic E-state index is 13.7. The van der Waals surface area contributed by atoms with Gasteiger partial charge in [0.2, 0.25) is 0 Å². The molecule has 0 aliphatic heterocycles. The first-order valence-corrected chi connectivity index (χ1v) is 7.43. The molecule has 0 aliphatic carbocycles. The highest BCUT2D eigenvalue weighted by molar-refractivity contribution is 8.00. The minimum atomic E-state index is -1.09. The van der Waals surface area contributed by atoms with E-state index in [0.29, 0.717) is 6.54 Å². The van der Waals surface area contributed by atoms with E-state index in [4.69, 9.17) is 5.26 Å². The van der Waals surface area contributed by atoms with Gasteiger partial charge in [-0.25, -0.2) is 8.78 Å². The quantitative estimate of drug-likeness (QED) is 0.851. The Morgan fingerprint density at radius 2 is 1.89 bits per heavy atom. The lowest BCUT2D eigenvalue weighted by atomic mass is 10.0. The van der Waals surface area contributed by atoms with Gasteiger partial charge in [0.25, 0.3) is 0 Å². The molecule has 0 amide bonds. The summed E-state index contributed by atoms with van der Waals surface area (Å²) in [6.07, 6.45) is 3.90. The summed E-state index contributed by atoms with van der Waals surface area (Å²) in [7, 11) is 0. The summed E-state index contributed by atoms with van der Waals surface area (Å²) in [6, 6.07) is 4.32. The topological polar surface area (TPSA) is 35.8 Å². The molecule has 0 unspecified atom stereocenters. The van der Waals surface area contributed by atoms with Gasteiger partial charge in [0, 0.05) is 11.3 Å². The van der Waals surface area contributed by atoms with Crippen molar-refractivity contribution in [3.05, 3.63) is 29.3 Å². The number of hydrogen-bond acceptors (Lipinski definition) is 3. The van der Waals surface area contributed by atoms with Gasteiger partial charge in [-0.1, -0.05) is 13.8 Å². The molecule has 0 heterocycles. The molecule has 1 aromatic carbocycles. The maximum atomic E-state index is 13.7. The highest BCUT2D eigenvalue weighted by Crippen LogP contribution is 2.31. The molecular weight excluding hydrogens is 266 g/mol. The number of thioether (sulfide) groups is 1. The van der Waals surface area contributed by atoms with E-state index in [1.54, 1.807) is 17.8 Å². The van der Waals surface area contributed by atoms with E-state index in [2.05, 4.69) is 19.2 Å². The van der Waals surface area contributed by atoms with Crippen LogP contribution in [-0.2, 0) is 0 Å². The van der Waals surface area contributed by atoms with Crippen LogP contribution in [-0.4, -0.2) is 17.5 Å². The molecule has 0 radical (unpaired) electrons. The van der Waals surface area contributed by atoms with Crippen molar-refractivity contribution in [2.75, 3.05) is 18.1 Å². The SMILES string of the molecule is CCC(CC)(CNc1ccc(C#N)c(F)c1F)SC. The Balaban J connectivity index is 2.90. The maximum Gasteiger partial charge on any atom is 0.183 e. The molecule has 0 atom stereocenters. The summed E-state index contributed by atoms with van der Waals surface area (Å²) >= 11 is 1.72. The average molecular weight is 284 g/mol. The summed E-state index contributed by atoms with van der Waals surface area (Å²) in [6.45, 7) is 4.72. The van der Waals surface area contributed by atoms with Crippen LogP contribution in [0.1, 0.15) is 32.3 Å². The number of halogens is 2. The molecule has 0 aliphatic rings. The second kappa shape index (κ2) is 6.76. The molecule has 19 heavy (non-hydrogen) atoms. The van der Waals surface area contributed by atoms with Gasteiger partial charge in [0.15, 0.2) is 11.6 Å². The molecule has 2 nitrogen and oxygen atoms in total. The molecule has 1 rings (SSSR count). The number of hydrogen-bond donors (Lipinski definition) is 1. The standard InChI is InChI=1S/C14H18F2N2S/c1-4-14(5-2,19-3)9-18-11-7-6-10(8-17)12(15)13(11)16/h6-7,18H,4-5,9H2,1-3H3. The molecule has 104 valence electrons. The molecule has 0 bridgehead atoms. The van der Waals surface area contributed by atoms with Gasteiger partial charge in [0.1, 0.15) is 6.07 Å². The molecule has 1 aromatic rings. The van der Waals surface area contributed by atoms with Crippen LogP contribution in [0.25, 0.3) is 0 Å². The van der Waals surface area contributed by atoms with Gasteiger partial charge in [0.05, 0.1) is 11.3 Å². The van der Waals surface area contributed by atoms with E-state index < -0.39 is 11.6 Å². The van der Waals surface area contributed by atoms with Crippen molar-refractivity contribution in [2.24, 2.45) is 0 Å². The summed E-state index contributed by atoms with van der Waals surface area (Å²) in [4.78, 5) is 0. The first-order chi connectivity index (χ1) is 9.03. The Morgan fingerprint density at radius 1 is 1.26 bits per heavy atom. The van der Waals surface area contributed by atoms with Gasteiger partial charge >= 0.3 is 0 Å². The van der Waals surface area contributed by atoms with Gasteiger partial charge < -0.3 is 5.32 Å². The van der Waals surface area contributed by atoms with Gasteiger partial charge in [-0.2, -0.15) is 17.0 Å². The lowest BCUT2D eigenvalue weighted by Gasteiger charge is -2.30. The largest absolute Gasteiger partial charge is 0.381 e. The zero-order chi connectivity index (χ0) is 14.5. The lowest BCUT2D eigenvalue weighted by molar-refractivity contribution is 0.506. The first-order valence-electron chi connectivity index (χ1n) is 6.20. The Bertz CT molecular complexity index is 471. The number of nitrogens with one attached hydrogen (secondary N) is 1. The number of anilines is 1. The number of nitriles is 1. The van der Waals surface area contributed by atoms with E-state index >= 15 is 0 Å². The third-order valence-electron chi connectivity index (χ3n) is 3.53. The third kappa shape index (κ3) is 3.38. The lowest BCUT2D eigenvalue weighted by Crippen LogP contribution is -2.32. The van der Waals surface area contributed by atoms with Gasteiger partial charge in [-0.3, -0.25) is 0 Å². The predicted octanol–water partition coefficient (Wildman–Crippen LogP) is 4.17. The molecule has 1 N–H and O–H groups in total. The van der Waals surface area contributed by atoms with E-state index in [-0.39, 0.29) is 16.0 Å². The van der Waals surface area contributed by atoms with Crippen molar-refractivity contribution in [2.45, 2.75) is 31.4 Å². The smallest absolute Gasteiger partial charge is 0.183 e. The van der Waals surface area contributed by atoms with E-state index in [1.165, 1.54) is 12.1 Å². The van der Waals surface area contributed by atoms with Crippen LogP contribution in [0.5, 0.6) is 0 Å². The van der Waals surface area contributed by atoms with Crippen molar-refractivity contribution in [3.63, 3.8) is 0 Å². The number of benzene rings is 1. The number of nitrogens with zero attached hydrogens (tertiary/aromatic N) is 1. The Labute approximate surface area is 117 Å². The summed E-state index contributed by atoms with van der Waals surface area (Å²) in [5, 5.41) is 11.6. The van der Waals surface area contributed by atoms with E-state index in [1.807, 2.05) is 6.26 Å². The average Bonchev–Trinajstić information content (AvgIpc) is 2.45. The molecular formula is C14H18F2N2S. The van der Waals surface area contributed by atoms with E-state index in [9.17, 15) is 8.78 Å². The summed E-state index contributed by atoms with van der Waals surface area (Å²) in [5.41, 5.74) is -0.165. The molecule has 5 heteroatoms. The van der Waals surface area contributed by atoms with Crippen molar-refractivity contribution in [3.8, 4) is 6.07 Å². The van der Waals surface area contributed by atoms with Crippen LogP contribution < -0.4 is 5.32 Å². The van der Waals surface area contributed by atoms with Crippen LogP contribution in [0.15, 0.2) is 12.1 Å². The van der Waals surface area contributed by atoms with E-state index in [0.717, 1.165) is 12.8 Å². The van der Waals surface area contributed by atoms with Crippen molar-refractivity contribution in [1.82, 2.24) is 0 Å². The predicted molar refractivity (Wildman–Crippen MR) is 76.4 cm³/mol. The van der Waals surface area contributed by atoms with Crippen LogP contribution in [0.4, 0.5) is 14.5 Å². The van der Waals surface area contributed by atoms with Crippen LogP contribution in [0.2, 0.25) is 0 Å². The Morgan fingerprint density at radius 3 is 2.37 bits per heavy atom. The first kappa shape index (κ1) is 15.8. The summed E-state index contributed by atoms with van der Waals surface area (Å²) in [5.74, 6) is -2.07. The zero-order valence-corrected chi connectivity index (χ0v) is 12.2. The minimum Gasteiger partial charge on any atom is -0.381 e. The van der Waals surface area contributed by atoms with Crippen molar-refractivity contribution < 1.29 is 8.78 Å². The van der Waals surface area contributed by atoms with Crippen LogP contribution in [0, 0.1) is 23.0 Å². The fourth-order valence-electron chi connectivity index (χ4n) is 1.89. The normalized spacial score (nSPS) is 11.2. The van der Waals surface area contributed by atoms with Crippen LogP contribution >= 0.6 is 11.8 Å². The summed E-state index contributed by atoms with van der Waals surface area (Å²) < 4.78 is 27.2. The van der Waals surface area contributed by atoms with Crippen molar-refractivity contribution in [1.29, 1.82) is 5.26 Å². The van der Waals surface area contributed by atoms with Gasteiger partial charge in [-0.15, -0.1) is 0 Å². The second-order valence-corrected chi connectivity index (χ2v) is 5.62. The Kier molecular flexibility index (Phi) is 5.61. The van der Waals surface area contributed by atoms with Crippen molar-refractivity contribution >= 4 is 17.4 Å². The molecule has 0 aromatic heterocycles. The monoisotopic (exact) mass is 284 g/mol. The minimum absolute atomic E-state index is 0.0107. The zero-order valence-electron chi connectivity index (χ0n) is 11.4. The molecule has 0 saturated heterocycles.